The molecule has 0 saturated heterocycles. The van der Waals surface area contributed by atoms with Gasteiger partial charge in [-0.1, -0.05) is 0 Å². The van der Waals surface area contributed by atoms with E-state index < -0.39 is 0 Å². The zero-order valence-corrected chi connectivity index (χ0v) is 24.9. The SMILES string of the molecule is c1cc2cc3cc4c(cc3cc2[se]1)sc1c4ccc2c1ccc1c3cc4cc5cc[se]c5cc4cc3sc12. The Balaban J connectivity index is 1.27. The molecule has 0 spiro atoms. The molecule has 0 aliphatic carbocycles. The molecule has 0 amide bonds. The van der Waals surface area contributed by atoms with E-state index in [0.29, 0.717) is 29.0 Å². The second-order valence-electron chi connectivity index (χ2n) is 10.2. The van der Waals surface area contributed by atoms with Crippen LogP contribution in [0.25, 0.3) is 92.0 Å². The van der Waals surface area contributed by atoms with E-state index in [4.69, 9.17) is 0 Å². The zero-order valence-electron chi connectivity index (χ0n) is 19.9. The molecule has 4 heterocycles. The first-order valence-corrected chi connectivity index (χ1v) is 18.0. The summed E-state index contributed by atoms with van der Waals surface area (Å²) in [6, 6.07) is 33.4. The number of fused-ring (bicyclic) bond motifs is 13. The van der Waals surface area contributed by atoms with Crippen molar-refractivity contribution >= 4 is 144 Å². The molecule has 4 heteroatoms. The van der Waals surface area contributed by atoms with Gasteiger partial charge >= 0.3 is 238 Å². The van der Waals surface area contributed by atoms with Crippen molar-refractivity contribution in [2.45, 2.75) is 0 Å². The molecule has 0 unspecified atom stereocenters. The van der Waals surface area contributed by atoms with Gasteiger partial charge in [0.25, 0.3) is 0 Å². The van der Waals surface area contributed by atoms with E-state index in [0.717, 1.165) is 0 Å². The molecule has 10 aromatic rings. The number of hydrogen-bond donors (Lipinski definition) is 0. The summed E-state index contributed by atoms with van der Waals surface area (Å²) in [7, 11) is 0. The Bertz CT molecular complexity index is 2440. The number of rotatable bonds is 0. The summed E-state index contributed by atoms with van der Waals surface area (Å²) in [5.41, 5.74) is 0. The molecule has 0 N–H and O–H groups in total. The molecule has 4 aromatic heterocycles. The van der Waals surface area contributed by atoms with Crippen molar-refractivity contribution in [1.82, 2.24) is 0 Å². The molecular weight excluding hydrogens is 630 g/mol. The van der Waals surface area contributed by atoms with Gasteiger partial charge in [-0.3, -0.25) is 0 Å². The van der Waals surface area contributed by atoms with Gasteiger partial charge in [-0.25, -0.2) is 0 Å². The quantitative estimate of drug-likeness (QED) is 0.144. The molecule has 0 fully saturated rings. The predicted molar refractivity (Wildman–Crippen MR) is 174 cm³/mol. The molecule has 0 radical (unpaired) electrons. The summed E-state index contributed by atoms with van der Waals surface area (Å²) in [6.07, 6.45) is 0. The third-order valence-electron chi connectivity index (χ3n) is 8.13. The topological polar surface area (TPSA) is 0 Å². The van der Waals surface area contributed by atoms with E-state index in [1.54, 1.807) is 0 Å². The van der Waals surface area contributed by atoms with Crippen LogP contribution in [0, 0.1) is 0 Å². The van der Waals surface area contributed by atoms with Gasteiger partial charge in [-0.2, -0.15) is 0 Å². The Morgan fingerprint density at radius 1 is 0.368 bits per heavy atom. The fraction of sp³-hybridized carbons (Fsp3) is 0. The Labute approximate surface area is 236 Å². The van der Waals surface area contributed by atoms with Gasteiger partial charge in [0.2, 0.25) is 0 Å². The van der Waals surface area contributed by atoms with Crippen molar-refractivity contribution < 1.29 is 0 Å². The molecule has 6 aromatic carbocycles. The van der Waals surface area contributed by atoms with Gasteiger partial charge in [0.05, 0.1) is 0 Å². The molecular formula is C34H16S2Se2. The number of benzene rings is 6. The van der Waals surface area contributed by atoms with Crippen LogP contribution < -0.4 is 0 Å². The van der Waals surface area contributed by atoms with Gasteiger partial charge in [0, 0.05) is 0 Å². The van der Waals surface area contributed by atoms with Crippen LogP contribution in [0.2, 0.25) is 0 Å². The fourth-order valence-electron chi connectivity index (χ4n) is 6.28. The van der Waals surface area contributed by atoms with Gasteiger partial charge in [0.15, 0.2) is 0 Å². The molecule has 0 bridgehead atoms. The van der Waals surface area contributed by atoms with Gasteiger partial charge in [0.1, 0.15) is 0 Å². The van der Waals surface area contributed by atoms with Crippen LogP contribution in [0.3, 0.4) is 0 Å². The van der Waals surface area contributed by atoms with Crippen LogP contribution in [0.1, 0.15) is 0 Å². The summed E-state index contributed by atoms with van der Waals surface area (Å²) in [6.45, 7) is 0. The van der Waals surface area contributed by atoms with Crippen molar-refractivity contribution in [3.05, 3.63) is 94.8 Å². The van der Waals surface area contributed by atoms with E-state index in [9.17, 15) is 0 Å². The van der Waals surface area contributed by atoms with Gasteiger partial charge < -0.3 is 0 Å². The molecule has 0 saturated carbocycles. The summed E-state index contributed by atoms with van der Waals surface area (Å²) in [4.78, 5) is 4.67. The van der Waals surface area contributed by atoms with E-state index in [-0.39, 0.29) is 0 Å². The number of thiophene rings is 2. The summed E-state index contributed by atoms with van der Waals surface area (Å²) < 4.78 is 8.64. The second-order valence-corrected chi connectivity index (χ2v) is 16.3. The van der Waals surface area contributed by atoms with Crippen LogP contribution in [0.15, 0.2) is 94.8 Å². The maximum absolute atomic E-state index is 2.42. The predicted octanol–water partition coefficient (Wildman–Crippen LogP) is 10.3. The Kier molecular flexibility index (Phi) is 4.06. The minimum absolute atomic E-state index is 0.480. The van der Waals surface area contributed by atoms with Crippen LogP contribution in [-0.2, 0) is 0 Å². The van der Waals surface area contributed by atoms with Crippen molar-refractivity contribution in [3.8, 4) is 0 Å². The van der Waals surface area contributed by atoms with Crippen LogP contribution in [0.4, 0.5) is 0 Å². The maximum atomic E-state index is 2.42. The standard InChI is InChI=1S/C34H16S2Se2/c1-3-25-27-11-19-9-17-5-7-37-31(17)15-21(19)13-29(27)36-34(25)24-2-4-26-28-12-20-10-18-6-8-38-32(18)16-22(20)14-30(28)35-33(26)23(1)24/h1-16H. The fourth-order valence-corrected chi connectivity index (χ4v) is 12.2. The molecule has 0 aliphatic heterocycles. The van der Waals surface area contributed by atoms with E-state index in [2.05, 4.69) is 94.8 Å². The molecule has 38 heavy (non-hydrogen) atoms. The Hall–Kier alpha value is -2.94. The van der Waals surface area contributed by atoms with Crippen LogP contribution in [0.5, 0.6) is 0 Å². The molecule has 0 nitrogen and oxygen atoms in total. The third kappa shape index (κ3) is 2.75. The third-order valence-corrected chi connectivity index (χ3v) is 14.2. The Morgan fingerprint density at radius 2 is 0.789 bits per heavy atom. The van der Waals surface area contributed by atoms with Gasteiger partial charge in [-0.05, 0) is 0 Å². The molecule has 176 valence electrons. The molecule has 10 rings (SSSR count). The molecule has 0 aliphatic rings. The van der Waals surface area contributed by atoms with Crippen molar-refractivity contribution in [1.29, 1.82) is 0 Å². The van der Waals surface area contributed by atoms with E-state index in [1.165, 1.54) is 92.0 Å². The minimum atomic E-state index is 0.480. The first-order valence-electron chi connectivity index (χ1n) is 12.6. The first kappa shape index (κ1) is 21.0. The zero-order chi connectivity index (χ0) is 24.5. The normalized spacial score (nSPS) is 12.7. The van der Waals surface area contributed by atoms with Crippen LogP contribution in [-0.4, -0.2) is 29.0 Å². The Morgan fingerprint density at radius 3 is 1.26 bits per heavy atom. The summed E-state index contributed by atoms with van der Waals surface area (Å²) >= 11 is 4.88. The average molecular weight is 647 g/mol. The summed E-state index contributed by atoms with van der Waals surface area (Å²) in [5, 5.41) is 16.6. The second kappa shape index (κ2) is 7.37. The van der Waals surface area contributed by atoms with Crippen molar-refractivity contribution in [3.63, 3.8) is 0 Å². The monoisotopic (exact) mass is 648 g/mol. The van der Waals surface area contributed by atoms with E-state index >= 15 is 0 Å². The van der Waals surface area contributed by atoms with E-state index in [1.807, 2.05) is 22.7 Å². The molecule has 0 atom stereocenters. The van der Waals surface area contributed by atoms with Crippen LogP contribution >= 0.6 is 22.7 Å². The number of hydrogen-bond acceptors (Lipinski definition) is 2. The summed E-state index contributed by atoms with van der Waals surface area (Å²) in [5.74, 6) is 0. The van der Waals surface area contributed by atoms with Crippen molar-refractivity contribution in [2.75, 3.05) is 0 Å². The average Bonchev–Trinajstić information content (AvgIpc) is 3.72. The first-order chi connectivity index (χ1) is 18.8. The van der Waals surface area contributed by atoms with Gasteiger partial charge in [-0.15, -0.1) is 0 Å². The van der Waals surface area contributed by atoms with Crippen molar-refractivity contribution in [2.24, 2.45) is 0 Å².